The van der Waals surface area contributed by atoms with Crippen LogP contribution in [0, 0.1) is 0 Å². The lowest BCUT2D eigenvalue weighted by Crippen LogP contribution is -1.76. The van der Waals surface area contributed by atoms with Gasteiger partial charge in [-0.1, -0.05) is 18.2 Å². The van der Waals surface area contributed by atoms with E-state index in [1.165, 1.54) is 21.8 Å². The summed E-state index contributed by atoms with van der Waals surface area (Å²) in [6, 6.07) is 10.4. The second kappa shape index (κ2) is 2.95. The predicted molar refractivity (Wildman–Crippen MR) is 66.7 cm³/mol. The number of nitrogens with zero attached hydrogens (tertiary/aromatic N) is 2. The first-order valence-corrected chi connectivity index (χ1v) is 5.34. The number of hydrogen-bond donors (Lipinski definition) is 0. The minimum absolute atomic E-state index is 1.22. The van der Waals surface area contributed by atoms with Crippen LogP contribution in [-0.4, -0.2) is 7.76 Å². The van der Waals surface area contributed by atoms with Gasteiger partial charge in [-0.25, -0.2) is 0 Å². The van der Waals surface area contributed by atoms with Gasteiger partial charge in [0.1, 0.15) is 0 Å². The Morgan fingerprint density at radius 1 is 1.00 bits per heavy atom. The summed E-state index contributed by atoms with van der Waals surface area (Å²) in [5.74, 6) is 0. The molecule has 2 heterocycles. The molecule has 0 saturated carbocycles. The van der Waals surface area contributed by atoms with E-state index in [1.807, 2.05) is 18.5 Å². The van der Waals surface area contributed by atoms with Crippen LogP contribution in [0.2, 0.25) is 0 Å². The van der Waals surface area contributed by atoms with E-state index in [-0.39, 0.29) is 0 Å². The molecule has 0 amide bonds. The van der Waals surface area contributed by atoms with Crippen LogP contribution in [-0.2, 0) is 0 Å². The zero-order chi connectivity index (χ0) is 9.54. The Hall–Kier alpha value is -1.10. The molecule has 0 radical (unpaired) electrons. The molecule has 3 rings (SSSR count). The monoisotopic (exact) mass is 294 g/mol. The van der Waals surface area contributed by atoms with Crippen LogP contribution in [0.15, 0.2) is 42.7 Å². The van der Waals surface area contributed by atoms with Crippen LogP contribution in [0.1, 0.15) is 0 Å². The van der Waals surface area contributed by atoms with E-state index < -0.39 is 0 Å². The molecule has 1 aromatic carbocycles. The number of aromatic nitrogens is 2. The standard InChI is InChI=1S/C11H7IN2/c12-14-10-4-2-1-3-8(10)9-7-13-6-5-11(9)14/h1-7H. The normalized spacial score (nSPS) is 11.2. The van der Waals surface area contributed by atoms with Crippen molar-refractivity contribution >= 4 is 44.7 Å². The molecule has 0 N–H and O–H groups in total. The Kier molecular flexibility index (Phi) is 1.73. The SMILES string of the molecule is In1c2ccccc2c2cnccc21. The Bertz CT molecular complexity index is 560. The van der Waals surface area contributed by atoms with Crippen LogP contribution >= 0.6 is 22.9 Å². The minimum atomic E-state index is 1.22. The zero-order valence-corrected chi connectivity index (χ0v) is 9.47. The third-order valence-electron chi connectivity index (χ3n) is 2.42. The van der Waals surface area contributed by atoms with Gasteiger partial charge in [-0.2, -0.15) is 0 Å². The highest BCUT2D eigenvalue weighted by molar-refractivity contribution is 14.1. The highest BCUT2D eigenvalue weighted by Gasteiger charge is 2.06. The van der Waals surface area contributed by atoms with Gasteiger partial charge in [0.05, 0.1) is 33.9 Å². The Morgan fingerprint density at radius 3 is 2.71 bits per heavy atom. The van der Waals surface area contributed by atoms with Gasteiger partial charge in [0, 0.05) is 23.2 Å². The third kappa shape index (κ3) is 0.987. The third-order valence-corrected chi connectivity index (χ3v) is 3.45. The van der Waals surface area contributed by atoms with Gasteiger partial charge in [0.25, 0.3) is 0 Å². The van der Waals surface area contributed by atoms with Crippen LogP contribution in [0.3, 0.4) is 0 Å². The van der Waals surface area contributed by atoms with Gasteiger partial charge in [-0.3, -0.25) is 7.76 Å². The number of halogens is 1. The highest BCUT2D eigenvalue weighted by atomic mass is 127. The van der Waals surface area contributed by atoms with Gasteiger partial charge in [-0.05, 0) is 12.1 Å². The second-order valence-electron chi connectivity index (χ2n) is 3.19. The molecule has 3 aromatic rings. The van der Waals surface area contributed by atoms with Gasteiger partial charge in [-0.15, -0.1) is 0 Å². The van der Waals surface area contributed by atoms with Crippen LogP contribution in [0.25, 0.3) is 21.8 Å². The molecule has 2 aromatic heterocycles. The molecule has 0 aliphatic heterocycles. The maximum absolute atomic E-state index is 4.16. The Morgan fingerprint density at radius 2 is 1.79 bits per heavy atom. The minimum Gasteiger partial charge on any atom is -0.282 e. The summed E-state index contributed by atoms with van der Waals surface area (Å²) in [6.45, 7) is 0. The molecule has 3 heteroatoms. The van der Waals surface area contributed by atoms with E-state index in [1.54, 1.807) is 0 Å². The predicted octanol–water partition coefficient (Wildman–Crippen LogP) is 3.39. The van der Waals surface area contributed by atoms with Crippen molar-refractivity contribution < 1.29 is 0 Å². The molecular formula is C11H7IN2. The number of benzene rings is 1. The fraction of sp³-hybridized carbons (Fsp3) is 0. The summed E-state index contributed by atoms with van der Waals surface area (Å²) in [4.78, 5) is 4.16. The average molecular weight is 294 g/mol. The lowest BCUT2D eigenvalue weighted by atomic mass is 10.2. The molecule has 0 atom stereocenters. The van der Waals surface area contributed by atoms with E-state index in [9.17, 15) is 0 Å². The maximum atomic E-state index is 4.16. The van der Waals surface area contributed by atoms with Gasteiger partial charge in [0.15, 0.2) is 0 Å². The topological polar surface area (TPSA) is 17.8 Å². The van der Waals surface area contributed by atoms with Gasteiger partial charge < -0.3 is 0 Å². The first-order chi connectivity index (χ1) is 6.88. The fourth-order valence-corrected chi connectivity index (χ4v) is 2.61. The van der Waals surface area contributed by atoms with Crippen LogP contribution in [0.4, 0.5) is 0 Å². The second-order valence-corrected chi connectivity index (χ2v) is 4.16. The van der Waals surface area contributed by atoms with E-state index in [0.717, 1.165) is 0 Å². The smallest absolute Gasteiger partial charge is 0.0646 e. The molecule has 0 fully saturated rings. The van der Waals surface area contributed by atoms with Gasteiger partial charge >= 0.3 is 0 Å². The lowest BCUT2D eigenvalue weighted by Gasteiger charge is -1.92. The van der Waals surface area contributed by atoms with Crippen molar-refractivity contribution in [2.75, 3.05) is 0 Å². The average Bonchev–Trinajstić information content (AvgIpc) is 2.55. The first-order valence-electron chi connectivity index (χ1n) is 4.37. The number of fused-ring (bicyclic) bond motifs is 3. The molecule has 14 heavy (non-hydrogen) atoms. The van der Waals surface area contributed by atoms with Crippen molar-refractivity contribution in [3.8, 4) is 0 Å². The Labute approximate surface area is 95.1 Å². The molecule has 68 valence electrons. The molecule has 0 aliphatic carbocycles. The van der Waals surface area contributed by atoms with Crippen molar-refractivity contribution in [2.45, 2.75) is 0 Å². The van der Waals surface area contributed by atoms with Gasteiger partial charge in [0.2, 0.25) is 0 Å². The summed E-state index contributed by atoms with van der Waals surface area (Å²) in [7, 11) is 0. The Balaban J connectivity index is 2.69. The molecular weight excluding hydrogens is 287 g/mol. The molecule has 0 aliphatic rings. The summed E-state index contributed by atoms with van der Waals surface area (Å²) in [6.07, 6.45) is 3.75. The molecule has 2 nitrogen and oxygen atoms in total. The molecule has 0 unspecified atom stereocenters. The molecule has 0 bridgehead atoms. The van der Waals surface area contributed by atoms with E-state index in [0.29, 0.717) is 0 Å². The van der Waals surface area contributed by atoms with Crippen molar-refractivity contribution in [1.29, 1.82) is 0 Å². The van der Waals surface area contributed by atoms with Crippen molar-refractivity contribution in [1.82, 2.24) is 7.76 Å². The number of hydrogen-bond acceptors (Lipinski definition) is 1. The summed E-state index contributed by atoms with van der Waals surface area (Å²) < 4.78 is 2.17. The quantitative estimate of drug-likeness (QED) is 0.581. The molecule has 0 spiro atoms. The summed E-state index contributed by atoms with van der Waals surface area (Å²) >= 11 is 2.32. The summed E-state index contributed by atoms with van der Waals surface area (Å²) in [5.41, 5.74) is 2.47. The van der Waals surface area contributed by atoms with Crippen molar-refractivity contribution in [3.05, 3.63) is 42.7 Å². The van der Waals surface area contributed by atoms with Crippen molar-refractivity contribution in [3.63, 3.8) is 0 Å². The van der Waals surface area contributed by atoms with E-state index in [4.69, 9.17) is 0 Å². The number of para-hydroxylation sites is 1. The largest absolute Gasteiger partial charge is 0.282 e. The zero-order valence-electron chi connectivity index (χ0n) is 7.31. The lowest BCUT2D eigenvalue weighted by molar-refractivity contribution is 1.36. The van der Waals surface area contributed by atoms with Crippen molar-refractivity contribution in [2.24, 2.45) is 0 Å². The van der Waals surface area contributed by atoms with Crippen LogP contribution in [0.5, 0.6) is 0 Å². The van der Waals surface area contributed by atoms with E-state index >= 15 is 0 Å². The highest BCUT2D eigenvalue weighted by Crippen LogP contribution is 2.29. The first kappa shape index (κ1) is 8.23. The fourth-order valence-electron chi connectivity index (χ4n) is 1.77. The number of rotatable bonds is 0. The van der Waals surface area contributed by atoms with Crippen LogP contribution < -0.4 is 0 Å². The number of pyridine rings is 1. The molecule has 0 saturated heterocycles. The summed E-state index contributed by atoms with van der Waals surface area (Å²) in [5, 5.41) is 2.49. The van der Waals surface area contributed by atoms with E-state index in [2.05, 4.69) is 54.9 Å². The maximum Gasteiger partial charge on any atom is 0.0646 e.